The molecule has 3 heterocycles. The van der Waals surface area contributed by atoms with E-state index in [9.17, 15) is 9.59 Å². The van der Waals surface area contributed by atoms with Gasteiger partial charge in [-0.2, -0.15) is 0 Å². The maximum atomic E-state index is 12.9. The zero-order valence-corrected chi connectivity index (χ0v) is 20.1. The Morgan fingerprint density at radius 2 is 1.91 bits per heavy atom. The molecular formula is C24H38N6O2. The fourth-order valence-corrected chi connectivity index (χ4v) is 5.64. The Balaban J connectivity index is 1.43. The average molecular weight is 443 g/mol. The van der Waals surface area contributed by atoms with E-state index in [1.54, 1.807) is 11.9 Å². The van der Waals surface area contributed by atoms with Gasteiger partial charge < -0.3 is 10.2 Å². The number of hydrogen-bond donors (Lipinski definition) is 1. The van der Waals surface area contributed by atoms with Gasteiger partial charge >= 0.3 is 0 Å². The van der Waals surface area contributed by atoms with E-state index >= 15 is 0 Å². The van der Waals surface area contributed by atoms with Gasteiger partial charge in [0.25, 0.3) is 0 Å². The fourth-order valence-electron chi connectivity index (χ4n) is 5.64. The lowest BCUT2D eigenvalue weighted by atomic mass is 9.80. The largest absolute Gasteiger partial charge is 0.353 e. The molecule has 8 heteroatoms. The van der Waals surface area contributed by atoms with Gasteiger partial charge in [-0.25, -0.2) is 9.97 Å². The van der Waals surface area contributed by atoms with Crippen molar-refractivity contribution in [2.24, 2.45) is 0 Å². The predicted octanol–water partition coefficient (Wildman–Crippen LogP) is 2.21. The molecular weight excluding hydrogens is 404 g/mol. The lowest BCUT2D eigenvalue weighted by Crippen LogP contribution is -2.54. The number of fused-ring (bicyclic) bond motifs is 1. The molecule has 0 bridgehead atoms. The van der Waals surface area contributed by atoms with Gasteiger partial charge in [0.1, 0.15) is 11.6 Å². The summed E-state index contributed by atoms with van der Waals surface area (Å²) < 4.78 is 0. The third-order valence-electron chi connectivity index (χ3n) is 7.85. The van der Waals surface area contributed by atoms with Crippen LogP contribution < -0.4 is 10.2 Å². The van der Waals surface area contributed by atoms with Gasteiger partial charge in [-0.1, -0.05) is 19.3 Å². The van der Waals surface area contributed by atoms with Gasteiger partial charge in [0.05, 0.1) is 12.6 Å². The summed E-state index contributed by atoms with van der Waals surface area (Å²) in [7, 11) is 6.05. The lowest BCUT2D eigenvalue weighted by Gasteiger charge is -2.43. The Bertz CT molecular complexity index is 864. The van der Waals surface area contributed by atoms with Gasteiger partial charge in [0.15, 0.2) is 0 Å². The molecule has 32 heavy (non-hydrogen) atoms. The highest BCUT2D eigenvalue weighted by atomic mass is 16.2. The molecule has 1 atom stereocenters. The summed E-state index contributed by atoms with van der Waals surface area (Å²) in [5, 5.41) is 3.23. The molecule has 2 fully saturated rings. The quantitative estimate of drug-likeness (QED) is 0.728. The van der Waals surface area contributed by atoms with Gasteiger partial charge in [-0.15, -0.1) is 0 Å². The third kappa shape index (κ3) is 4.53. The number of likely N-dealkylation sites (N-methyl/N-ethyl adjacent to an activating group) is 1. The van der Waals surface area contributed by atoms with Crippen LogP contribution in [0, 0.1) is 6.92 Å². The van der Waals surface area contributed by atoms with Crippen LogP contribution in [0.3, 0.4) is 0 Å². The molecule has 0 aromatic carbocycles. The van der Waals surface area contributed by atoms with Crippen molar-refractivity contribution in [1.29, 1.82) is 0 Å². The second-order valence-electron chi connectivity index (χ2n) is 10.0. The van der Waals surface area contributed by atoms with Crippen LogP contribution in [0.5, 0.6) is 0 Å². The van der Waals surface area contributed by atoms with Crippen molar-refractivity contribution in [1.82, 2.24) is 25.1 Å². The maximum absolute atomic E-state index is 12.9. The van der Waals surface area contributed by atoms with Crippen molar-refractivity contribution in [2.45, 2.75) is 76.3 Å². The summed E-state index contributed by atoms with van der Waals surface area (Å²) in [6.07, 6.45) is 9.20. The molecule has 1 aliphatic carbocycles. The van der Waals surface area contributed by atoms with Crippen molar-refractivity contribution in [2.75, 3.05) is 45.7 Å². The number of aryl methyl sites for hydroxylation is 1. The Morgan fingerprint density at radius 3 is 2.62 bits per heavy atom. The van der Waals surface area contributed by atoms with E-state index in [1.165, 1.54) is 19.3 Å². The first kappa shape index (κ1) is 23.1. The standard InChI is InChI=1S/C24H38N6O2/c1-17-18-10-11-21(32)29(4)23(18)27-22(26-17)19-9-8-14-30(19)15-20(31)25-16-24(28(2)3)12-6-5-7-13-24/h19H,5-16H2,1-4H3,(H,25,31)/t19-/m1/s1. The van der Waals surface area contributed by atoms with Crippen LogP contribution in [-0.2, 0) is 16.0 Å². The zero-order valence-electron chi connectivity index (χ0n) is 20.1. The number of nitrogens with zero attached hydrogens (tertiary/aromatic N) is 5. The van der Waals surface area contributed by atoms with Crippen molar-refractivity contribution in [3.63, 3.8) is 0 Å². The van der Waals surface area contributed by atoms with Gasteiger partial charge in [0, 0.05) is 36.8 Å². The molecule has 2 aliphatic heterocycles. The molecule has 3 aliphatic rings. The van der Waals surface area contributed by atoms with Crippen LogP contribution in [0.1, 0.15) is 74.5 Å². The molecule has 0 spiro atoms. The maximum Gasteiger partial charge on any atom is 0.234 e. The first-order chi connectivity index (χ1) is 15.3. The SMILES string of the molecule is Cc1nc([C@H]2CCCN2CC(=O)NCC2(N(C)C)CCCCC2)nc2c1CCC(=O)N2C. The lowest BCUT2D eigenvalue weighted by molar-refractivity contribution is -0.123. The van der Waals surface area contributed by atoms with Crippen molar-refractivity contribution in [3.05, 3.63) is 17.1 Å². The third-order valence-corrected chi connectivity index (χ3v) is 7.85. The summed E-state index contributed by atoms with van der Waals surface area (Å²) in [6.45, 7) is 3.94. The van der Waals surface area contributed by atoms with Crippen LogP contribution in [0.4, 0.5) is 5.82 Å². The van der Waals surface area contributed by atoms with Crippen molar-refractivity contribution in [3.8, 4) is 0 Å². The number of carbonyl (C=O) groups is 2. The van der Waals surface area contributed by atoms with Gasteiger partial charge in [0.2, 0.25) is 11.8 Å². The van der Waals surface area contributed by atoms with E-state index in [-0.39, 0.29) is 23.4 Å². The molecule has 1 N–H and O–H groups in total. The molecule has 2 amide bonds. The van der Waals surface area contributed by atoms with Gasteiger partial charge in [-0.05, 0) is 59.7 Å². The highest BCUT2D eigenvalue weighted by Crippen LogP contribution is 2.34. The minimum Gasteiger partial charge on any atom is -0.353 e. The van der Waals surface area contributed by atoms with E-state index in [1.807, 2.05) is 6.92 Å². The summed E-state index contributed by atoms with van der Waals surface area (Å²) in [4.78, 5) is 40.9. The zero-order chi connectivity index (χ0) is 22.9. The predicted molar refractivity (Wildman–Crippen MR) is 125 cm³/mol. The first-order valence-corrected chi connectivity index (χ1v) is 12.1. The van der Waals surface area contributed by atoms with Crippen LogP contribution >= 0.6 is 0 Å². The first-order valence-electron chi connectivity index (χ1n) is 12.1. The second kappa shape index (κ2) is 9.43. The molecule has 4 rings (SSSR count). The van der Waals surface area contributed by atoms with Crippen molar-refractivity contribution >= 4 is 17.6 Å². The van der Waals surface area contributed by atoms with Crippen LogP contribution in [0.15, 0.2) is 0 Å². The van der Waals surface area contributed by atoms with E-state index < -0.39 is 0 Å². The molecule has 1 aromatic heterocycles. The van der Waals surface area contributed by atoms with Crippen LogP contribution in [0.25, 0.3) is 0 Å². The molecule has 0 radical (unpaired) electrons. The number of nitrogens with one attached hydrogen (secondary N) is 1. The normalized spacial score (nSPS) is 23.5. The summed E-state index contributed by atoms with van der Waals surface area (Å²) in [5.41, 5.74) is 2.10. The summed E-state index contributed by atoms with van der Waals surface area (Å²) in [5.74, 6) is 1.66. The van der Waals surface area contributed by atoms with Crippen LogP contribution in [0.2, 0.25) is 0 Å². The smallest absolute Gasteiger partial charge is 0.234 e. The number of rotatable bonds is 6. The Hall–Kier alpha value is -2.06. The summed E-state index contributed by atoms with van der Waals surface area (Å²) >= 11 is 0. The van der Waals surface area contributed by atoms with Crippen molar-refractivity contribution < 1.29 is 9.59 Å². The number of hydrogen-bond acceptors (Lipinski definition) is 6. The Labute approximate surface area is 191 Å². The summed E-state index contributed by atoms with van der Waals surface area (Å²) in [6, 6.07) is 0.0210. The minimum atomic E-state index is 0.0210. The van der Waals surface area contributed by atoms with Gasteiger partial charge in [-0.3, -0.25) is 19.4 Å². The topological polar surface area (TPSA) is 81.7 Å². The Morgan fingerprint density at radius 1 is 1.16 bits per heavy atom. The van der Waals surface area contributed by atoms with Crippen LogP contribution in [-0.4, -0.2) is 77.9 Å². The molecule has 1 aromatic rings. The van der Waals surface area contributed by atoms with E-state index in [0.29, 0.717) is 25.9 Å². The molecule has 0 unspecified atom stereocenters. The average Bonchev–Trinajstić information content (AvgIpc) is 3.23. The molecule has 176 valence electrons. The second-order valence-corrected chi connectivity index (χ2v) is 10.0. The monoisotopic (exact) mass is 442 g/mol. The highest BCUT2D eigenvalue weighted by molar-refractivity contribution is 5.94. The molecule has 1 saturated carbocycles. The van der Waals surface area contributed by atoms with E-state index in [0.717, 1.165) is 55.1 Å². The fraction of sp³-hybridized carbons (Fsp3) is 0.750. The molecule has 1 saturated heterocycles. The Kier molecular flexibility index (Phi) is 6.81. The number of aromatic nitrogens is 2. The number of carbonyl (C=O) groups excluding carboxylic acids is 2. The van der Waals surface area contributed by atoms with E-state index in [4.69, 9.17) is 9.97 Å². The van der Waals surface area contributed by atoms with E-state index in [2.05, 4.69) is 29.2 Å². The highest BCUT2D eigenvalue weighted by Gasteiger charge is 2.36. The number of likely N-dealkylation sites (tertiary alicyclic amines) is 1. The number of amides is 2. The molecule has 8 nitrogen and oxygen atoms in total. The number of anilines is 1. The minimum absolute atomic E-state index is 0.0210.